The molecule has 0 aromatic heterocycles. The molecule has 2 aromatic rings. The lowest BCUT2D eigenvalue weighted by molar-refractivity contribution is -0.579. The summed E-state index contributed by atoms with van der Waals surface area (Å²) in [7, 11) is 0. The Balaban J connectivity index is 1.90. The van der Waals surface area contributed by atoms with Gasteiger partial charge in [0.25, 0.3) is 0 Å². The van der Waals surface area contributed by atoms with Crippen LogP contribution in [-0.2, 0) is 5.41 Å². The highest BCUT2D eigenvalue weighted by atomic mass is 15.1. The molecule has 2 aromatic carbocycles. The molecule has 2 aliphatic heterocycles. The van der Waals surface area contributed by atoms with E-state index in [0.717, 1.165) is 0 Å². The number of hydrogen-bond acceptors (Lipinski definition) is 0. The van der Waals surface area contributed by atoms with Crippen LogP contribution in [0.3, 0.4) is 0 Å². The van der Waals surface area contributed by atoms with Crippen molar-refractivity contribution in [3.8, 4) is 0 Å². The molecule has 1 nitrogen and oxygen atoms in total. The Hall–Kier alpha value is -1.89. The molecule has 2 atom stereocenters. The van der Waals surface area contributed by atoms with E-state index in [1.54, 1.807) is 5.56 Å². The first-order valence-corrected chi connectivity index (χ1v) is 8.62. The molecule has 2 unspecified atom stereocenters. The highest BCUT2D eigenvalue weighted by molar-refractivity contribution is 5.79. The van der Waals surface area contributed by atoms with Crippen molar-refractivity contribution in [2.75, 3.05) is 6.54 Å². The number of benzene rings is 2. The van der Waals surface area contributed by atoms with Crippen molar-refractivity contribution in [1.82, 2.24) is 0 Å². The summed E-state index contributed by atoms with van der Waals surface area (Å²) in [5.41, 5.74) is 4.61. The fraction of sp³-hybridized carbons (Fsp3) is 0.381. The standard InChI is InChI=1S/C21H24N/c1-2-3-15-22-16-21(17-9-5-4-6-10-17)14-13-20(22)18-11-7-8-12-19(18)21/h4-12,16,20H,2-3,13-15H2,1H3/q+1. The van der Waals surface area contributed by atoms with Crippen LogP contribution in [0.5, 0.6) is 0 Å². The zero-order chi connectivity index (χ0) is 15.0. The molecule has 2 heterocycles. The molecule has 0 radical (unpaired) electrons. The highest BCUT2D eigenvalue weighted by Gasteiger charge is 2.50. The Morgan fingerprint density at radius 1 is 1.05 bits per heavy atom. The number of rotatable bonds is 4. The van der Waals surface area contributed by atoms with Gasteiger partial charge in [0, 0.05) is 18.4 Å². The molecule has 1 aliphatic carbocycles. The highest BCUT2D eigenvalue weighted by Crippen LogP contribution is 2.49. The molecule has 1 heteroatoms. The van der Waals surface area contributed by atoms with Gasteiger partial charge in [-0.1, -0.05) is 67.9 Å². The lowest BCUT2D eigenvalue weighted by atomic mass is 9.63. The third kappa shape index (κ3) is 1.95. The summed E-state index contributed by atoms with van der Waals surface area (Å²) >= 11 is 0. The van der Waals surface area contributed by atoms with Crippen LogP contribution < -0.4 is 0 Å². The van der Waals surface area contributed by atoms with Crippen molar-refractivity contribution < 1.29 is 4.58 Å². The Morgan fingerprint density at radius 2 is 1.82 bits per heavy atom. The maximum absolute atomic E-state index is 2.63. The number of fused-ring (bicyclic) bond motifs is 1. The molecule has 0 amide bonds. The maximum atomic E-state index is 2.63. The summed E-state index contributed by atoms with van der Waals surface area (Å²) in [5, 5.41) is 0. The molecule has 0 N–H and O–H groups in total. The van der Waals surface area contributed by atoms with Crippen molar-refractivity contribution in [3.63, 3.8) is 0 Å². The van der Waals surface area contributed by atoms with Gasteiger partial charge in [-0.3, -0.25) is 0 Å². The van der Waals surface area contributed by atoms with Crippen LogP contribution >= 0.6 is 0 Å². The molecular weight excluding hydrogens is 266 g/mol. The predicted molar refractivity (Wildman–Crippen MR) is 91.7 cm³/mol. The van der Waals surface area contributed by atoms with Crippen molar-refractivity contribution in [3.05, 3.63) is 71.3 Å². The normalized spacial score (nSPS) is 25.7. The minimum atomic E-state index is 0.0837. The van der Waals surface area contributed by atoms with Crippen LogP contribution in [0.25, 0.3) is 0 Å². The third-order valence-electron chi connectivity index (χ3n) is 5.46. The maximum Gasteiger partial charge on any atom is 0.178 e. The molecule has 0 spiro atoms. The quantitative estimate of drug-likeness (QED) is 0.718. The van der Waals surface area contributed by atoms with Gasteiger partial charge in [0.15, 0.2) is 12.3 Å². The molecule has 22 heavy (non-hydrogen) atoms. The van der Waals surface area contributed by atoms with Gasteiger partial charge in [0.2, 0.25) is 0 Å². The monoisotopic (exact) mass is 290 g/mol. The van der Waals surface area contributed by atoms with Crippen LogP contribution in [0.2, 0.25) is 0 Å². The Bertz CT molecular complexity index is 701. The first kappa shape index (κ1) is 13.8. The summed E-state index contributed by atoms with van der Waals surface area (Å²) in [4.78, 5) is 0. The van der Waals surface area contributed by atoms with Gasteiger partial charge in [-0.25, -0.2) is 4.58 Å². The SMILES string of the molecule is CCCC[N+]1=CC2(c3ccccc3)CCC1c1ccccc12. The zero-order valence-electron chi connectivity index (χ0n) is 13.3. The van der Waals surface area contributed by atoms with Crippen LogP contribution in [-0.4, -0.2) is 17.3 Å². The number of nitrogens with zero attached hydrogens (tertiary/aromatic N) is 1. The zero-order valence-corrected chi connectivity index (χ0v) is 13.3. The summed E-state index contributed by atoms with van der Waals surface area (Å²) < 4.78 is 2.63. The lowest BCUT2D eigenvalue weighted by Crippen LogP contribution is -2.46. The molecule has 5 rings (SSSR count). The van der Waals surface area contributed by atoms with E-state index in [1.807, 2.05) is 0 Å². The lowest BCUT2D eigenvalue weighted by Gasteiger charge is -2.42. The topological polar surface area (TPSA) is 3.01 Å². The number of hydrogen-bond donors (Lipinski definition) is 0. The summed E-state index contributed by atoms with van der Waals surface area (Å²) in [6.07, 6.45) is 7.60. The molecule has 0 saturated carbocycles. The van der Waals surface area contributed by atoms with E-state index in [0.29, 0.717) is 6.04 Å². The smallest absolute Gasteiger partial charge is 0.178 e. The van der Waals surface area contributed by atoms with Gasteiger partial charge >= 0.3 is 0 Å². The average Bonchev–Trinajstić information content (AvgIpc) is 2.61. The Morgan fingerprint density at radius 3 is 2.64 bits per heavy atom. The van der Waals surface area contributed by atoms with E-state index in [-0.39, 0.29) is 5.41 Å². The first-order chi connectivity index (χ1) is 10.8. The van der Waals surface area contributed by atoms with Crippen LogP contribution in [0.1, 0.15) is 55.3 Å². The van der Waals surface area contributed by atoms with E-state index in [9.17, 15) is 0 Å². The molecular formula is C21H24N+. The first-order valence-electron chi connectivity index (χ1n) is 8.62. The predicted octanol–water partition coefficient (Wildman–Crippen LogP) is 4.70. The summed E-state index contributed by atoms with van der Waals surface area (Å²) in [6, 6.07) is 20.8. The van der Waals surface area contributed by atoms with Crippen LogP contribution in [0.15, 0.2) is 54.6 Å². The van der Waals surface area contributed by atoms with Gasteiger partial charge in [-0.2, -0.15) is 0 Å². The number of unbranched alkanes of at least 4 members (excludes halogenated alkanes) is 1. The van der Waals surface area contributed by atoms with E-state index in [2.05, 4.69) is 72.3 Å². The van der Waals surface area contributed by atoms with E-state index >= 15 is 0 Å². The van der Waals surface area contributed by atoms with Crippen molar-refractivity contribution in [1.29, 1.82) is 0 Å². The molecule has 112 valence electrons. The minimum absolute atomic E-state index is 0.0837. The van der Waals surface area contributed by atoms with Crippen molar-refractivity contribution >= 4 is 6.21 Å². The average molecular weight is 290 g/mol. The second-order valence-corrected chi connectivity index (χ2v) is 6.70. The molecule has 3 aliphatic rings. The van der Waals surface area contributed by atoms with E-state index < -0.39 is 0 Å². The van der Waals surface area contributed by atoms with Crippen LogP contribution in [0, 0.1) is 0 Å². The van der Waals surface area contributed by atoms with Gasteiger partial charge in [0.05, 0.1) is 5.41 Å². The molecule has 2 bridgehead atoms. The van der Waals surface area contributed by atoms with Crippen molar-refractivity contribution in [2.24, 2.45) is 0 Å². The summed E-state index contributed by atoms with van der Waals surface area (Å²) in [5.74, 6) is 0. The third-order valence-corrected chi connectivity index (χ3v) is 5.46. The molecule has 0 fully saturated rings. The van der Waals surface area contributed by atoms with Crippen molar-refractivity contribution in [2.45, 2.75) is 44.1 Å². The van der Waals surface area contributed by atoms with Gasteiger partial charge < -0.3 is 0 Å². The second kappa shape index (κ2) is 5.39. The largest absolute Gasteiger partial charge is 0.231 e. The van der Waals surface area contributed by atoms with Crippen LogP contribution in [0.4, 0.5) is 0 Å². The van der Waals surface area contributed by atoms with Gasteiger partial charge in [-0.15, -0.1) is 0 Å². The molecule has 0 saturated heterocycles. The second-order valence-electron chi connectivity index (χ2n) is 6.70. The summed E-state index contributed by atoms with van der Waals surface area (Å²) in [6.45, 7) is 3.47. The van der Waals surface area contributed by atoms with Gasteiger partial charge in [-0.05, 0) is 17.5 Å². The minimum Gasteiger partial charge on any atom is -0.231 e. The Kier molecular flexibility index (Phi) is 3.37. The van der Waals surface area contributed by atoms with E-state index in [1.165, 1.54) is 43.4 Å². The fourth-order valence-electron chi connectivity index (χ4n) is 4.37. The Labute approximate surface area is 133 Å². The van der Waals surface area contributed by atoms with Gasteiger partial charge in [0.1, 0.15) is 6.54 Å². The fourth-order valence-corrected chi connectivity index (χ4v) is 4.37. The van der Waals surface area contributed by atoms with E-state index in [4.69, 9.17) is 0 Å².